The number of nitrogens with zero attached hydrogens (tertiary/aromatic N) is 5. The summed E-state index contributed by atoms with van der Waals surface area (Å²) in [6.07, 6.45) is 6.28. The van der Waals surface area contributed by atoms with E-state index < -0.39 is 10.0 Å². The summed E-state index contributed by atoms with van der Waals surface area (Å²) in [4.78, 5) is 16.0. The SMILES string of the molecule is O=S(=O)(c1ccc(Cl)cc1)N1CCC(Nc2nccc(C3C(c4ccc(F)cc4)N=C4OC=CN43)n2)CC1. The average molecular weight is 555 g/mol. The fourth-order valence-electron chi connectivity index (χ4n) is 4.94. The molecular formula is C26H24ClFN6O3S. The first-order chi connectivity index (χ1) is 18.4. The molecule has 3 aliphatic rings. The van der Waals surface area contributed by atoms with Crippen molar-refractivity contribution in [1.82, 2.24) is 19.2 Å². The van der Waals surface area contributed by atoms with Crippen molar-refractivity contribution in [2.75, 3.05) is 18.4 Å². The highest BCUT2D eigenvalue weighted by atomic mass is 35.5. The predicted octanol–water partition coefficient (Wildman–Crippen LogP) is 4.49. The van der Waals surface area contributed by atoms with Crippen molar-refractivity contribution in [3.05, 3.63) is 95.4 Å². The third-order valence-corrected chi connectivity index (χ3v) is 9.06. The van der Waals surface area contributed by atoms with Gasteiger partial charge in [-0.25, -0.2) is 27.8 Å². The molecule has 3 aliphatic heterocycles. The van der Waals surface area contributed by atoms with E-state index in [0.29, 0.717) is 42.9 Å². The second-order valence-corrected chi connectivity index (χ2v) is 11.6. The lowest BCUT2D eigenvalue weighted by Crippen LogP contribution is -2.42. The largest absolute Gasteiger partial charge is 0.432 e. The summed E-state index contributed by atoms with van der Waals surface area (Å²) in [6.45, 7) is 0.759. The first-order valence-corrected chi connectivity index (χ1v) is 14.0. The van der Waals surface area contributed by atoms with Crippen LogP contribution in [-0.4, -0.2) is 52.7 Å². The molecule has 0 amide bonds. The number of aliphatic imine (C=N–C) groups is 1. The van der Waals surface area contributed by atoms with E-state index in [0.717, 1.165) is 11.3 Å². The maximum Gasteiger partial charge on any atom is 0.298 e. The fraction of sp³-hybridized carbons (Fsp3) is 0.269. The number of amidine groups is 1. The van der Waals surface area contributed by atoms with Crippen LogP contribution in [0.2, 0.25) is 5.02 Å². The van der Waals surface area contributed by atoms with Crippen LogP contribution in [0.4, 0.5) is 10.3 Å². The molecule has 0 bridgehead atoms. The van der Waals surface area contributed by atoms with Gasteiger partial charge < -0.3 is 10.1 Å². The maximum absolute atomic E-state index is 13.5. The molecule has 0 spiro atoms. The van der Waals surface area contributed by atoms with E-state index in [1.54, 1.807) is 42.9 Å². The molecule has 1 saturated heterocycles. The number of fused-ring (bicyclic) bond motifs is 1. The van der Waals surface area contributed by atoms with E-state index >= 15 is 0 Å². The minimum atomic E-state index is -3.58. The molecule has 3 aromatic rings. The van der Waals surface area contributed by atoms with Crippen molar-refractivity contribution in [2.45, 2.75) is 35.9 Å². The Morgan fingerprint density at radius 2 is 1.76 bits per heavy atom. The molecular weight excluding hydrogens is 531 g/mol. The number of ether oxygens (including phenoxy) is 1. The Kier molecular flexibility index (Phi) is 6.50. The third-order valence-electron chi connectivity index (χ3n) is 6.89. The lowest BCUT2D eigenvalue weighted by molar-refractivity contribution is 0.329. The Morgan fingerprint density at radius 1 is 1.03 bits per heavy atom. The summed E-state index contributed by atoms with van der Waals surface area (Å²) in [6, 6.07) is 14.2. The molecule has 9 nitrogen and oxygen atoms in total. The van der Waals surface area contributed by atoms with E-state index in [-0.39, 0.29) is 28.8 Å². The van der Waals surface area contributed by atoms with Crippen LogP contribution in [0.25, 0.3) is 0 Å². The van der Waals surface area contributed by atoms with Gasteiger partial charge in [0.1, 0.15) is 24.2 Å². The average Bonchev–Trinajstić information content (AvgIpc) is 3.52. The summed E-state index contributed by atoms with van der Waals surface area (Å²) in [5, 5.41) is 3.86. The zero-order valence-corrected chi connectivity index (χ0v) is 21.7. The fourth-order valence-corrected chi connectivity index (χ4v) is 6.53. The molecule has 1 fully saturated rings. The molecule has 0 aliphatic carbocycles. The number of anilines is 1. The van der Waals surface area contributed by atoms with Crippen LogP contribution in [-0.2, 0) is 14.8 Å². The predicted molar refractivity (Wildman–Crippen MR) is 140 cm³/mol. The monoisotopic (exact) mass is 554 g/mol. The van der Waals surface area contributed by atoms with Crippen LogP contribution in [0.15, 0.2) is 83.1 Å². The minimum absolute atomic E-state index is 0.0141. The minimum Gasteiger partial charge on any atom is -0.432 e. The number of sulfonamides is 1. The van der Waals surface area contributed by atoms with Gasteiger partial charge in [-0.15, -0.1) is 0 Å². The van der Waals surface area contributed by atoms with Gasteiger partial charge in [-0.1, -0.05) is 23.7 Å². The molecule has 12 heteroatoms. The number of hydrogen-bond acceptors (Lipinski definition) is 8. The van der Waals surface area contributed by atoms with Gasteiger partial charge >= 0.3 is 0 Å². The Balaban J connectivity index is 1.16. The van der Waals surface area contributed by atoms with Crippen molar-refractivity contribution >= 4 is 33.6 Å². The molecule has 0 radical (unpaired) electrons. The number of nitrogens with one attached hydrogen (secondary N) is 1. The standard InChI is InChI=1S/C26H24ClFN6O3S/c27-18-3-7-21(8-4-18)38(35,36)33-13-10-20(11-14-33)30-25-29-12-9-22(31-25)24-23(17-1-5-19(28)6-2-17)32-26-34(24)15-16-37-26/h1-9,12,15-16,20,23-24H,10-11,13-14H2,(H,29,30,31). The zero-order valence-electron chi connectivity index (χ0n) is 20.1. The van der Waals surface area contributed by atoms with Gasteiger partial charge in [0, 0.05) is 36.6 Å². The number of rotatable bonds is 6. The topological polar surface area (TPSA) is 100 Å². The van der Waals surface area contributed by atoms with Crippen molar-refractivity contribution in [1.29, 1.82) is 0 Å². The summed E-state index contributed by atoms with van der Waals surface area (Å²) < 4.78 is 46.6. The number of benzene rings is 2. The van der Waals surface area contributed by atoms with Gasteiger partial charge in [-0.05, 0) is 60.9 Å². The molecule has 2 unspecified atom stereocenters. The molecule has 38 heavy (non-hydrogen) atoms. The van der Waals surface area contributed by atoms with E-state index in [1.807, 2.05) is 11.0 Å². The molecule has 2 atom stereocenters. The highest BCUT2D eigenvalue weighted by Gasteiger charge is 2.41. The molecule has 1 aromatic heterocycles. The van der Waals surface area contributed by atoms with Crippen LogP contribution in [0.5, 0.6) is 0 Å². The van der Waals surface area contributed by atoms with Crippen LogP contribution in [0.1, 0.15) is 36.2 Å². The summed E-state index contributed by atoms with van der Waals surface area (Å²) in [5.41, 5.74) is 1.58. The van der Waals surface area contributed by atoms with Crippen LogP contribution in [0.3, 0.4) is 0 Å². The smallest absolute Gasteiger partial charge is 0.298 e. The van der Waals surface area contributed by atoms with Gasteiger partial charge in [0.25, 0.3) is 6.02 Å². The number of hydrogen-bond donors (Lipinski definition) is 1. The highest BCUT2D eigenvalue weighted by Crippen LogP contribution is 2.43. The van der Waals surface area contributed by atoms with Crippen molar-refractivity contribution < 1.29 is 17.5 Å². The molecule has 1 N–H and O–H groups in total. The first-order valence-electron chi connectivity index (χ1n) is 12.2. The summed E-state index contributed by atoms with van der Waals surface area (Å²) in [5.74, 6) is 0.144. The molecule has 6 rings (SSSR count). The van der Waals surface area contributed by atoms with Gasteiger partial charge in [-0.3, -0.25) is 4.90 Å². The van der Waals surface area contributed by atoms with E-state index in [4.69, 9.17) is 26.3 Å². The lowest BCUT2D eigenvalue weighted by atomic mass is 9.97. The van der Waals surface area contributed by atoms with Gasteiger partial charge in [0.2, 0.25) is 16.0 Å². The third kappa shape index (κ3) is 4.72. The van der Waals surface area contributed by atoms with Crippen LogP contribution in [0, 0.1) is 5.82 Å². The molecule has 4 heterocycles. The number of piperidine rings is 1. The highest BCUT2D eigenvalue weighted by molar-refractivity contribution is 7.89. The Bertz CT molecular complexity index is 1490. The van der Waals surface area contributed by atoms with E-state index in [2.05, 4.69) is 10.3 Å². The van der Waals surface area contributed by atoms with Crippen molar-refractivity contribution in [2.24, 2.45) is 4.99 Å². The Hall–Kier alpha value is -3.54. The van der Waals surface area contributed by atoms with Crippen LogP contribution < -0.4 is 5.32 Å². The number of aromatic nitrogens is 2. The molecule has 196 valence electrons. The second-order valence-electron chi connectivity index (χ2n) is 9.24. The van der Waals surface area contributed by atoms with Gasteiger partial charge in [-0.2, -0.15) is 4.31 Å². The van der Waals surface area contributed by atoms with Gasteiger partial charge in [0.05, 0.1) is 10.6 Å². The van der Waals surface area contributed by atoms with Crippen molar-refractivity contribution in [3.63, 3.8) is 0 Å². The molecule has 2 aromatic carbocycles. The number of halogens is 2. The van der Waals surface area contributed by atoms with E-state index in [1.165, 1.54) is 28.6 Å². The Morgan fingerprint density at radius 3 is 2.50 bits per heavy atom. The van der Waals surface area contributed by atoms with Crippen molar-refractivity contribution in [3.8, 4) is 0 Å². The lowest BCUT2D eigenvalue weighted by Gasteiger charge is -2.31. The quantitative estimate of drug-likeness (QED) is 0.479. The second kappa shape index (κ2) is 9.97. The summed E-state index contributed by atoms with van der Waals surface area (Å²) in [7, 11) is -3.58. The summed E-state index contributed by atoms with van der Waals surface area (Å²) >= 11 is 5.91. The zero-order chi connectivity index (χ0) is 26.3. The first kappa shape index (κ1) is 24.8. The maximum atomic E-state index is 13.5. The van der Waals surface area contributed by atoms with Crippen LogP contribution >= 0.6 is 11.6 Å². The normalized spacial score (nSPS) is 21.7. The van der Waals surface area contributed by atoms with E-state index in [9.17, 15) is 12.8 Å². The Labute approximate surface area is 224 Å². The molecule has 0 saturated carbocycles. The van der Waals surface area contributed by atoms with Gasteiger partial charge in [0.15, 0.2) is 0 Å².